The van der Waals surface area contributed by atoms with E-state index in [9.17, 15) is 9.59 Å². The summed E-state index contributed by atoms with van der Waals surface area (Å²) in [4.78, 5) is 23.0. The second-order valence-corrected chi connectivity index (χ2v) is 5.59. The highest BCUT2D eigenvalue weighted by atomic mass is 32.2. The molecule has 0 aromatic heterocycles. The van der Waals surface area contributed by atoms with Crippen molar-refractivity contribution < 1.29 is 19.1 Å². The van der Waals surface area contributed by atoms with Crippen molar-refractivity contribution in [2.45, 2.75) is 6.42 Å². The number of hydrogen-bond donors (Lipinski definition) is 1. The summed E-state index contributed by atoms with van der Waals surface area (Å²) < 4.78 is 9.77. The summed E-state index contributed by atoms with van der Waals surface area (Å²) in [5.74, 6) is 2.13. The number of carbonyl (C=O) groups is 2. The summed E-state index contributed by atoms with van der Waals surface area (Å²) in [6, 6.07) is 6.99. The summed E-state index contributed by atoms with van der Waals surface area (Å²) in [6.07, 6.45) is 0.926. The predicted molar refractivity (Wildman–Crippen MR) is 78.0 cm³/mol. The first-order chi connectivity index (χ1) is 9.69. The third kappa shape index (κ3) is 4.16. The van der Waals surface area contributed by atoms with Gasteiger partial charge in [-0.25, -0.2) is 4.79 Å². The van der Waals surface area contributed by atoms with Gasteiger partial charge in [-0.1, -0.05) is 6.07 Å². The Labute approximate surface area is 122 Å². The minimum atomic E-state index is -0.442. The number of hydrogen-bond acceptors (Lipinski definition) is 5. The lowest BCUT2D eigenvalue weighted by Crippen LogP contribution is -2.22. The minimum Gasteiger partial charge on any atom is -0.482 e. The van der Waals surface area contributed by atoms with E-state index in [0.717, 1.165) is 17.9 Å². The van der Waals surface area contributed by atoms with Gasteiger partial charge in [0.25, 0.3) is 0 Å². The maximum absolute atomic E-state index is 12.0. The van der Waals surface area contributed by atoms with E-state index in [-0.39, 0.29) is 18.4 Å². The predicted octanol–water partition coefficient (Wildman–Crippen LogP) is 1.93. The van der Waals surface area contributed by atoms with Gasteiger partial charge in [0, 0.05) is 23.4 Å². The highest BCUT2D eigenvalue weighted by molar-refractivity contribution is 7.99. The van der Waals surface area contributed by atoms with Crippen molar-refractivity contribution in [3.8, 4) is 5.75 Å². The van der Waals surface area contributed by atoms with Gasteiger partial charge in [0.05, 0.1) is 7.11 Å². The summed E-state index contributed by atoms with van der Waals surface area (Å²) in [6.45, 7) is -0.146. The molecule has 1 aliphatic heterocycles. The fraction of sp³-hybridized carbons (Fsp3) is 0.429. The average Bonchev–Trinajstić information content (AvgIpc) is 2.99. The SMILES string of the molecule is COC(=O)COc1cccc(NC(=O)C2CCSC2)c1. The lowest BCUT2D eigenvalue weighted by atomic mass is 10.1. The molecule has 1 amide bonds. The third-order valence-corrected chi connectivity index (χ3v) is 4.15. The Balaban J connectivity index is 1.91. The maximum atomic E-state index is 12.0. The van der Waals surface area contributed by atoms with Crippen LogP contribution in [0.4, 0.5) is 5.69 Å². The molecule has 6 heteroatoms. The van der Waals surface area contributed by atoms with Gasteiger partial charge in [0.2, 0.25) is 5.91 Å². The fourth-order valence-corrected chi connectivity index (χ4v) is 3.07. The van der Waals surface area contributed by atoms with Crippen LogP contribution in [0.3, 0.4) is 0 Å². The number of rotatable bonds is 5. The number of nitrogens with one attached hydrogen (secondary N) is 1. The van der Waals surface area contributed by atoms with Gasteiger partial charge in [-0.05, 0) is 24.3 Å². The number of methoxy groups -OCH3 is 1. The molecule has 0 spiro atoms. The largest absolute Gasteiger partial charge is 0.482 e. The molecular weight excluding hydrogens is 278 g/mol. The minimum absolute atomic E-state index is 0.0418. The molecule has 0 aliphatic carbocycles. The third-order valence-electron chi connectivity index (χ3n) is 2.99. The van der Waals surface area contributed by atoms with Crippen LogP contribution in [-0.4, -0.2) is 37.1 Å². The molecule has 5 nitrogen and oxygen atoms in total. The van der Waals surface area contributed by atoms with Gasteiger partial charge in [-0.2, -0.15) is 11.8 Å². The van der Waals surface area contributed by atoms with Crippen molar-refractivity contribution in [3.63, 3.8) is 0 Å². The van der Waals surface area contributed by atoms with E-state index in [1.54, 1.807) is 36.0 Å². The number of amides is 1. The fourth-order valence-electron chi connectivity index (χ4n) is 1.85. The molecule has 0 radical (unpaired) electrons. The first-order valence-electron chi connectivity index (χ1n) is 6.37. The molecule has 0 saturated carbocycles. The van der Waals surface area contributed by atoms with Crippen LogP contribution < -0.4 is 10.1 Å². The molecule has 108 valence electrons. The van der Waals surface area contributed by atoms with Crippen molar-refractivity contribution in [2.24, 2.45) is 5.92 Å². The molecule has 1 heterocycles. The first kappa shape index (κ1) is 14.7. The number of benzene rings is 1. The highest BCUT2D eigenvalue weighted by Crippen LogP contribution is 2.25. The van der Waals surface area contributed by atoms with E-state index in [4.69, 9.17) is 4.74 Å². The Bertz CT molecular complexity index is 486. The summed E-state index contributed by atoms with van der Waals surface area (Å²) in [5, 5.41) is 2.88. The zero-order valence-electron chi connectivity index (χ0n) is 11.3. The molecule has 1 atom stereocenters. The zero-order valence-corrected chi connectivity index (χ0v) is 12.1. The number of esters is 1. The Hall–Kier alpha value is -1.69. The van der Waals surface area contributed by atoms with Crippen molar-refractivity contribution in [1.29, 1.82) is 0 Å². The summed E-state index contributed by atoms with van der Waals surface area (Å²) in [5.41, 5.74) is 0.675. The maximum Gasteiger partial charge on any atom is 0.343 e. The molecule has 1 fully saturated rings. The van der Waals surface area contributed by atoms with E-state index in [1.165, 1.54) is 7.11 Å². The van der Waals surface area contributed by atoms with Gasteiger partial charge in [-0.15, -0.1) is 0 Å². The number of ether oxygens (including phenoxy) is 2. The Morgan fingerprint density at radius 2 is 2.30 bits per heavy atom. The van der Waals surface area contributed by atoms with Crippen molar-refractivity contribution in [1.82, 2.24) is 0 Å². The molecule has 1 aromatic rings. The second kappa shape index (κ2) is 7.19. The molecule has 1 saturated heterocycles. The summed E-state index contributed by atoms with van der Waals surface area (Å²) in [7, 11) is 1.31. The highest BCUT2D eigenvalue weighted by Gasteiger charge is 2.23. The molecule has 20 heavy (non-hydrogen) atoms. The normalized spacial score (nSPS) is 17.6. The molecular formula is C14H17NO4S. The molecule has 0 bridgehead atoms. The van der Waals surface area contributed by atoms with Gasteiger partial charge in [-0.3, -0.25) is 4.79 Å². The van der Waals surface area contributed by atoms with E-state index in [0.29, 0.717) is 11.4 Å². The van der Waals surface area contributed by atoms with Crippen LogP contribution in [0.15, 0.2) is 24.3 Å². The smallest absolute Gasteiger partial charge is 0.343 e. The topological polar surface area (TPSA) is 64.6 Å². The molecule has 2 rings (SSSR count). The second-order valence-electron chi connectivity index (χ2n) is 4.44. The van der Waals surface area contributed by atoms with Crippen LogP contribution in [0.5, 0.6) is 5.75 Å². The van der Waals surface area contributed by atoms with Crippen LogP contribution in [0.1, 0.15) is 6.42 Å². The molecule has 1 aromatic carbocycles. The quantitative estimate of drug-likeness (QED) is 0.841. The van der Waals surface area contributed by atoms with Crippen molar-refractivity contribution >= 4 is 29.3 Å². The Morgan fingerprint density at radius 3 is 3.00 bits per heavy atom. The number of carbonyl (C=O) groups excluding carboxylic acids is 2. The van der Waals surface area contributed by atoms with Gasteiger partial charge in [0.1, 0.15) is 5.75 Å². The first-order valence-corrected chi connectivity index (χ1v) is 7.53. The van der Waals surface area contributed by atoms with Gasteiger partial charge >= 0.3 is 5.97 Å². The van der Waals surface area contributed by atoms with Crippen LogP contribution >= 0.6 is 11.8 Å². The molecule has 1 N–H and O–H groups in total. The van der Waals surface area contributed by atoms with Crippen molar-refractivity contribution in [3.05, 3.63) is 24.3 Å². The van der Waals surface area contributed by atoms with Crippen molar-refractivity contribution in [2.75, 3.05) is 30.5 Å². The average molecular weight is 295 g/mol. The Morgan fingerprint density at radius 1 is 1.45 bits per heavy atom. The van der Waals surface area contributed by atoms with E-state index in [2.05, 4.69) is 10.1 Å². The molecule has 1 aliphatic rings. The standard InChI is InChI=1S/C14H17NO4S/c1-18-13(16)8-19-12-4-2-3-11(7-12)15-14(17)10-5-6-20-9-10/h2-4,7,10H,5-6,8-9H2,1H3,(H,15,17). The number of anilines is 1. The zero-order chi connectivity index (χ0) is 14.4. The Kier molecular flexibility index (Phi) is 5.29. The van der Waals surface area contributed by atoms with E-state index in [1.807, 2.05) is 0 Å². The van der Waals surface area contributed by atoms with Crippen LogP contribution in [0.2, 0.25) is 0 Å². The van der Waals surface area contributed by atoms with Gasteiger partial charge in [0.15, 0.2) is 6.61 Å². The van der Waals surface area contributed by atoms with E-state index < -0.39 is 5.97 Å². The van der Waals surface area contributed by atoms with Crippen LogP contribution in [0, 0.1) is 5.92 Å². The van der Waals surface area contributed by atoms with E-state index >= 15 is 0 Å². The lowest BCUT2D eigenvalue weighted by molar-refractivity contribution is -0.142. The van der Waals surface area contributed by atoms with Gasteiger partial charge < -0.3 is 14.8 Å². The van der Waals surface area contributed by atoms with Crippen LogP contribution in [0.25, 0.3) is 0 Å². The monoisotopic (exact) mass is 295 g/mol. The van der Waals surface area contributed by atoms with Crippen LogP contribution in [-0.2, 0) is 14.3 Å². The summed E-state index contributed by atoms with van der Waals surface area (Å²) >= 11 is 1.80. The lowest BCUT2D eigenvalue weighted by Gasteiger charge is -2.11. The number of thioether (sulfide) groups is 1. The molecule has 1 unspecified atom stereocenters.